The number of halogens is 3. The van der Waals surface area contributed by atoms with E-state index in [-0.39, 0.29) is 13.1 Å². The molecule has 0 spiro atoms. The molecule has 2 N–H and O–H groups in total. The first-order valence-corrected chi connectivity index (χ1v) is 8.37. The van der Waals surface area contributed by atoms with Crippen LogP contribution in [0.3, 0.4) is 0 Å². The van der Waals surface area contributed by atoms with Gasteiger partial charge in [0.05, 0.1) is 24.1 Å². The summed E-state index contributed by atoms with van der Waals surface area (Å²) in [6.45, 7) is -0.397. The van der Waals surface area contributed by atoms with Gasteiger partial charge in [-0.25, -0.2) is 26.3 Å². The second-order valence-electron chi connectivity index (χ2n) is 4.70. The number of amides is 1. The molecule has 0 aliphatic rings. The van der Waals surface area contributed by atoms with Crippen LogP contribution >= 0.6 is 0 Å². The highest BCUT2D eigenvalue weighted by atomic mass is 32.2. The van der Waals surface area contributed by atoms with E-state index in [9.17, 15) is 26.4 Å². The minimum Gasteiger partial charge on any atom is -0.468 e. The molecule has 0 aliphatic heterocycles. The molecule has 2 aromatic rings. The van der Waals surface area contributed by atoms with Gasteiger partial charge < -0.3 is 9.73 Å². The smallest absolute Gasteiger partial charge is 0.254 e. The molecule has 6 nitrogen and oxygen atoms in total. The van der Waals surface area contributed by atoms with E-state index < -0.39 is 44.7 Å². The Morgan fingerprint density at radius 1 is 1.12 bits per heavy atom. The Morgan fingerprint density at radius 2 is 1.88 bits per heavy atom. The van der Waals surface area contributed by atoms with E-state index in [2.05, 4.69) is 10.0 Å². The maximum Gasteiger partial charge on any atom is 0.254 e. The average Bonchev–Trinajstić information content (AvgIpc) is 3.04. The Hall–Kier alpha value is -2.33. The molecule has 0 fully saturated rings. The number of rotatable bonds is 7. The highest BCUT2D eigenvalue weighted by Gasteiger charge is 2.19. The number of hydrogen-bond donors (Lipinski definition) is 2. The third-order valence-electron chi connectivity index (χ3n) is 2.98. The monoisotopic (exact) mass is 362 g/mol. The lowest BCUT2D eigenvalue weighted by molar-refractivity contribution is 0.0951. The van der Waals surface area contributed by atoms with Gasteiger partial charge in [-0.3, -0.25) is 4.79 Å². The predicted octanol–water partition coefficient (Wildman–Crippen LogP) is 1.55. The molecular weight excluding hydrogens is 349 g/mol. The number of nitrogens with one attached hydrogen (secondary N) is 2. The fourth-order valence-corrected chi connectivity index (χ4v) is 2.64. The molecule has 0 saturated carbocycles. The number of hydrogen-bond acceptors (Lipinski definition) is 4. The molecule has 24 heavy (non-hydrogen) atoms. The molecule has 1 heterocycles. The van der Waals surface area contributed by atoms with Crippen LogP contribution in [-0.2, 0) is 16.6 Å². The van der Waals surface area contributed by atoms with Crippen molar-refractivity contribution in [2.45, 2.75) is 6.54 Å². The van der Waals surface area contributed by atoms with E-state index in [0.717, 1.165) is 6.07 Å². The molecule has 1 amide bonds. The number of sulfonamides is 1. The molecule has 130 valence electrons. The minimum atomic E-state index is -3.71. The van der Waals surface area contributed by atoms with Crippen molar-refractivity contribution in [2.24, 2.45) is 0 Å². The van der Waals surface area contributed by atoms with Crippen molar-refractivity contribution in [3.05, 3.63) is 59.3 Å². The Kier molecular flexibility index (Phi) is 5.62. The molecule has 1 aromatic carbocycles. The highest BCUT2D eigenvalue weighted by molar-refractivity contribution is 7.89. The third-order valence-corrected chi connectivity index (χ3v) is 4.31. The number of benzene rings is 1. The fourth-order valence-electron chi connectivity index (χ4n) is 1.76. The van der Waals surface area contributed by atoms with Crippen LogP contribution in [0.25, 0.3) is 0 Å². The topological polar surface area (TPSA) is 88.4 Å². The molecule has 0 aliphatic carbocycles. The molecule has 0 bridgehead atoms. The SMILES string of the molecule is O=C(NCCS(=O)(=O)NCc1ccco1)c1ccc(F)c(F)c1F. The summed E-state index contributed by atoms with van der Waals surface area (Å²) in [4.78, 5) is 11.7. The van der Waals surface area contributed by atoms with Crippen LogP contribution in [0.2, 0.25) is 0 Å². The first-order valence-electron chi connectivity index (χ1n) is 6.71. The van der Waals surface area contributed by atoms with Crippen molar-refractivity contribution in [1.82, 2.24) is 10.0 Å². The van der Waals surface area contributed by atoms with Crippen LogP contribution in [0.1, 0.15) is 16.1 Å². The Balaban J connectivity index is 1.87. The van der Waals surface area contributed by atoms with Crippen molar-refractivity contribution >= 4 is 15.9 Å². The normalized spacial score (nSPS) is 11.5. The van der Waals surface area contributed by atoms with Crippen LogP contribution < -0.4 is 10.0 Å². The summed E-state index contributed by atoms with van der Waals surface area (Å²) in [5, 5.41) is 2.13. The average molecular weight is 362 g/mol. The maximum absolute atomic E-state index is 13.4. The van der Waals surface area contributed by atoms with Crippen LogP contribution in [0.15, 0.2) is 34.9 Å². The van der Waals surface area contributed by atoms with Gasteiger partial charge in [-0.1, -0.05) is 0 Å². The summed E-state index contributed by atoms with van der Waals surface area (Å²) in [7, 11) is -3.71. The second-order valence-corrected chi connectivity index (χ2v) is 6.62. The zero-order valence-electron chi connectivity index (χ0n) is 12.2. The van der Waals surface area contributed by atoms with Crippen LogP contribution in [0, 0.1) is 17.5 Å². The third kappa shape index (κ3) is 4.59. The molecule has 10 heteroatoms. The lowest BCUT2D eigenvalue weighted by Gasteiger charge is -2.08. The summed E-state index contributed by atoms with van der Waals surface area (Å²) in [6, 6.07) is 4.55. The van der Waals surface area contributed by atoms with E-state index in [0.29, 0.717) is 11.8 Å². The molecule has 2 rings (SSSR count). The molecular formula is C14H13F3N2O4S. The highest BCUT2D eigenvalue weighted by Crippen LogP contribution is 2.14. The predicted molar refractivity (Wildman–Crippen MR) is 78.0 cm³/mol. The molecule has 0 radical (unpaired) electrons. The maximum atomic E-state index is 13.4. The van der Waals surface area contributed by atoms with Gasteiger partial charge >= 0.3 is 0 Å². The van der Waals surface area contributed by atoms with E-state index >= 15 is 0 Å². The zero-order valence-corrected chi connectivity index (χ0v) is 13.0. The lowest BCUT2D eigenvalue weighted by Crippen LogP contribution is -2.34. The van der Waals surface area contributed by atoms with Gasteiger partial charge in [0, 0.05) is 6.54 Å². The summed E-state index contributed by atoms with van der Waals surface area (Å²) in [5.41, 5.74) is -0.713. The Labute approximate surface area is 135 Å². The van der Waals surface area contributed by atoms with Gasteiger partial charge in [0.25, 0.3) is 5.91 Å². The van der Waals surface area contributed by atoms with E-state index in [1.807, 2.05) is 0 Å². The summed E-state index contributed by atoms with van der Waals surface area (Å²) in [5.74, 6) is -5.94. The van der Waals surface area contributed by atoms with E-state index in [1.165, 1.54) is 6.26 Å². The van der Waals surface area contributed by atoms with Crippen molar-refractivity contribution in [3.8, 4) is 0 Å². The molecule has 0 atom stereocenters. The van der Waals surface area contributed by atoms with Gasteiger partial charge in [0.2, 0.25) is 10.0 Å². The molecule has 0 unspecified atom stereocenters. The van der Waals surface area contributed by atoms with Crippen LogP contribution in [-0.4, -0.2) is 26.6 Å². The van der Waals surface area contributed by atoms with Gasteiger partial charge in [-0.15, -0.1) is 0 Å². The van der Waals surface area contributed by atoms with Crippen molar-refractivity contribution in [2.75, 3.05) is 12.3 Å². The van der Waals surface area contributed by atoms with Gasteiger partial charge in [-0.05, 0) is 24.3 Å². The Morgan fingerprint density at radius 3 is 2.54 bits per heavy atom. The summed E-state index contributed by atoms with van der Waals surface area (Å²) in [6.07, 6.45) is 1.39. The number of furan rings is 1. The van der Waals surface area contributed by atoms with Crippen molar-refractivity contribution in [3.63, 3.8) is 0 Å². The van der Waals surface area contributed by atoms with Crippen molar-refractivity contribution < 1.29 is 30.8 Å². The van der Waals surface area contributed by atoms with Gasteiger partial charge in [-0.2, -0.15) is 0 Å². The van der Waals surface area contributed by atoms with E-state index in [1.54, 1.807) is 12.1 Å². The largest absolute Gasteiger partial charge is 0.468 e. The van der Waals surface area contributed by atoms with Crippen LogP contribution in [0.5, 0.6) is 0 Å². The lowest BCUT2D eigenvalue weighted by atomic mass is 10.2. The van der Waals surface area contributed by atoms with Gasteiger partial charge in [0.1, 0.15) is 5.76 Å². The zero-order chi connectivity index (χ0) is 17.7. The van der Waals surface area contributed by atoms with Crippen LogP contribution in [0.4, 0.5) is 13.2 Å². The first kappa shape index (κ1) is 18.0. The van der Waals surface area contributed by atoms with E-state index in [4.69, 9.17) is 4.42 Å². The molecule has 0 saturated heterocycles. The summed E-state index contributed by atoms with van der Waals surface area (Å²) < 4.78 is 69.9. The minimum absolute atomic E-state index is 0.0545. The number of carbonyl (C=O) groups is 1. The Bertz CT molecular complexity index is 823. The standard InChI is InChI=1S/C14H13F3N2O4S/c15-11-4-3-10(12(16)13(11)17)14(20)18-5-7-24(21,22)19-8-9-2-1-6-23-9/h1-4,6,19H,5,7-8H2,(H,18,20). The quantitative estimate of drug-likeness (QED) is 0.732. The number of carbonyl (C=O) groups excluding carboxylic acids is 1. The first-order chi connectivity index (χ1) is 11.3. The molecule has 1 aromatic heterocycles. The second kappa shape index (κ2) is 7.49. The summed E-state index contributed by atoms with van der Waals surface area (Å²) >= 11 is 0. The fraction of sp³-hybridized carbons (Fsp3) is 0.214. The van der Waals surface area contributed by atoms with Gasteiger partial charge in [0.15, 0.2) is 17.5 Å². The van der Waals surface area contributed by atoms with Crippen molar-refractivity contribution in [1.29, 1.82) is 0 Å².